The Morgan fingerprint density at radius 3 is 2.81 bits per heavy atom. The van der Waals surface area contributed by atoms with Crippen LogP contribution in [-0.2, 0) is 0 Å². The summed E-state index contributed by atoms with van der Waals surface area (Å²) >= 11 is 1.24. The normalized spacial score (nSPS) is 10.8. The predicted molar refractivity (Wildman–Crippen MR) is 57.8 cm³/mol. The Kier molecular flexibility index (Phi) is 2.97. The molecule has 0 unspecified atom stereocenters. The molecule has 0 atom stereocenters. The molecule has 0 spiro atoms. The summed E-state index contributed by atoms with van der Waals surface area (Å²) in [6.07, 6.45) is 4.57. The average molecular weight is 234 g/mol. The molecular formula is C9H6N4O2S. The number of aromatic carboxylic acids is 1. The van der Waals surface area contributed by atoms with Gasteiger partial charge < -0.3 is 5.11 Å². The lowest BCUT2D eigenvalue weighted by molar-refractivity contribution is 0.0690. The first-order valence-electron chi connectivity index (χ1n) is 4.26. The second-order valence-electron chi connectivity index (χ2n) is 2.80. The molecule has 2 aromatic heterocycles. The maximum absolute atomic E-state index is 10.7. The molecule has 0 aromatic carbocycles. The largest absolute Gasteiger partial charge is 0.477 e. The van der Waals surface area contributed by atoms with E-state index in [1.807, 2.05) is 0 Å². The van der Waals surface area contributed by atoms with Crippen molar-refractivity contribution in [3.63, 3.8) is 0 Å². The van der Waals surface area contributed by atoms with Crippen LogP contribution in [-0.4, -0.2) is 30.6 Å². The van der Waals surface area contributed by atoms with Crippen LogP contribution < -0.4 is 0 Å². The summed E-state index contributed by atoms with van der Waals surface area (Å²) in [6, 6.07) is 1.39. The maximum atomic E-state index is 10.7. The Balaban J connectivity index is 2.22. The molecule has 80 valence electrons. The highest BCUT2D eigenvalue weighted by Crippen LogP contribution is 2.05. The predicted octanol–water partition coefficient (Wildman–Crippen LogP) is 1.20. The Hall–Kier alpha value is -2.15. The Morgan fingerprint density at radius 1 is 1.31 bits per heavy atom. The van der Waals surface area contributed by atoms with Gasteiger partial charge in [-0.25, -0.2) is 14.8 Å². The third kappa shape index (κ3) is 2.45. The van der Waals surface area contributed by atoms with Crippen molar-refractivity contribution in [2.24, 2.45) is 0 Å². The first-order chi connectivity index (χ1) is 7.75. The molecular weight excluding hydrogens is 228 g/mol. The average Bonchev–Trinajstić information content (AvgIpc) is 2.79. The van der Waals surface area contributed by atoms with Gasteiger partial charge in [0, 0.05) is 5.38 Å². The van der Waals surface area contributed by atoms with Crippen molar-refractivity contribution in [1.29, 1.82) is 0 Å². The number of hydrogen-bond acceptors (Lipinski definition) is 6. The van der Waals surface area contributed by atoms with E-state index in [4.69, 9.17) is 5.11 Å². The minimum atomic E-state index is -1.08. The third-order valence-corrected chi connectivity index (χ3v) is 2.23. The monoisotopic (exact) mass is 234 g/mol. The van der Waals surface area contributed by atoms with Crippen LogP contribution in [0.5, 0.6) is 0 Å². The van der Waals surface area contributed by atoms with Gasteiger partial charge in [0.2, 0.25) is 0 Å². The molecule has 0 aliphatic carbocycles. The Labute approximate surface area is 94.5 Å². The van der Waals surface area contributed by atoms with Gasteiger partial charge in [-0.2, -0.15) is 0 Å². The molecule has 7 heteroatoms. The highest BCUT2D eigenvalue weighted by Gasteiger charge is 2.04. The minimum Gasteiger partial charge on any atom is -0.477 e. The Bertz CT molecular complexity index is 524. The van der Waals surface area contributed by atoms with Crippen molar-refractivity contribution < 1.29 is 9.90 Å². The van der Waals surface area contributed by atoms with Gasteiger partial charge in [-0.05, 0) is 29.8 Å². The summed E-state index contributed by atoms with van der Waals surface area (Å²) in [5.74, 6) is -1.08. The van der Waals surface area contributed by atoms with Gasteiger partial charge in [0.25, 0.3) is 0 Å². The van der Waals surface area contributed by atoms with Crippen LogP contribution in [0.15, 0.2) is 17.8 Å². The lowest BCUT2D eigenvalue weighted by atomic mass is 10.3. The van der Waals surface area contributed by atoms with E-state index < -0.39 is 5.97 Å². The first kappa shape index (κ1) is 10.4. The molecule has 0 fully saturated rings. The number of carboxylic acid groups (broad SMARTS) is 1. The van der Waals surface area contributed by atoms with E-state index in [-0.39, 0.29) is 5.69 Å². The molecule has 0 aliphatic rings. The smallest absolute Gasteiger partial charge is 0.354 e. The van der Waals surface area contributed by atoms with Crippen molar-refractivity contribution in [2.45, 2.75) is 0 Å². The lowest BCUT2D eigenvalue weighted by Crippen LogP contribution is -2.00. The van der Waals surface area contributed by atoms with Crippen LogP contribution in [0.25, 0.3) is 12.2 Å². The fourth-order valence-corrected chi connectivity index (χ4v) is 1.42. The standard InChI is InChI=1S/C9H6N4O2S/c14-9(15)8-3-6(10-5-11-8)1-2-7-4-16-13-12-7/h1-5H,(H,14,15). The van der Waals surface area contributed by atoms with Crippen LogP contribution >= 0.6 is 11.5 Å². The zero-order valence-electron chi connectivity index (χ0n) is 7.94. The molecule has 0 radical (unpaired) electrons. The highest BCUT2D eigenvalue weighted by molar-refractivity contribution is 7.03. The SMILES string of the molecule is O=C(O)c1cc(C=Cc2csnn2)ncn1. The Morgan fingerprint density at radius 2 is 2.12 bits per heavy atom. The molecule has 0 bridgehead atoms. The van der Waals surface area contributed by atoms with E-state index >= 15 is 0 Å². The van der Waals surface area contributed by atoms with E-state index in [2.05, 4.69) is 19.6 Å². The van der Waals surface area contributed by atoms with Crippen LogP contribution in [0.3, 0.4) is 0 Å². The quantitative estimate of drug-likeness (QED) is 0.858. The minimum absolute atomic E-state index is 0.0361. The molecule has 0 saturated carbocycles. The molecule has 0 amide bonds. The highest BCUT2D eigenvalue weighted by atomic mass is 32.1. The molecule has 1 N–H and O–H groups in total. The van der Waals surface area contributed by atoms with Crippen molar-refractivity contribution >= 4 is 29.7 Å². The number of nitrogens with zero attached hydrogens (tertiary/aromatic N) is 4. The van der Waals surface area contributed by atoms with Gasteiger partial charge in [-0.15, -0.1) is 5.10 Å². The molecule has 2 heterocycles. The molecule has 6 nitrogen and oxygen atoms in total. The topological polar surface area (TPSA) is 88.9 Å². The summed E-state index contributed by atoms with van der Waals surface area (Å²) in [6.45, 7) is 0. The van der Waals surface area contributed by atoms with Crippen molar-refractivity contribution in [2.75, 3.05) is 0 Å². The van der Waals surface area contributed by atoms with Crippen molar-refractivity contribution in [3.05, 3.63) is 34.9 Å². The second kappa shape index (κ2) is 4.58. The van der Waals surface area contributed by atoms with Gasteiger partial charge in [0.1, 0.15) is 6.33 Å². The molecule has 0 saturated heterocycles. The van der Waals surface area contributed by atoms with Crippen LogP contribution in [0.4, 0.5) is 0 Å². The lowest BCUT2D eigenvalue weighted by Gasteiger charge is -1.94. The number of aromatic nitrogens is 4. The molecule has 16 heavy (non-hydrogen) atoms. The maximum Gasteiger partial charge on any atom is 0.354 e. The van der Waals surface area contributed by atoms with Crippen LogP contribution in [0.1, 0.15) is 21.9 Å². The summed E-state index contributed by atoms with van der Waals surface area (Å²) in [5, 5.41) is 14.3. The number of carboxylic acids is 1. The van der Waals surface area contributed by atoms with E-state index in [0.29, 0.717) is 11.4 Å². The van der Waals surface area contributed by atoms with Gasteiger partial charge >= 0.3 is 5.97 Å². The zero-order valence-corrected chi connectivity index (χ0v) is 8.76. The van der Waals surface area contributed by atoms with Crippen molar-refractivity contribution in [1.82, 2.24) is 19.6 Å². The van der Waals surface area contributed by atoms with Gasteiger partial charge in [0.15, 0.2) is 5.69 Å². The van der Waals surface area contributed by atoms with Crippen LogP contribution in [0.2, 0.25) is 0 Å². The fourth-order valence-electron chi connectivity index (χ4n) is 0.996. The van der Waals surface area contributed by atoms with Crippen LogP contribution in [0, 0.1) is 0 Å². The molecule has 0 aliphatic heterocycles. The first-order valence-corrected chi connectivity index (χ1v) is 5.10. The third-order valence-electron chi connectivity index (χ3n) is 1.71. The zero-order chi connectivity index (χ0) is 11.4. The summed E-state index contributed by atoms with van der Waals surface area (Å²) in [5.41, 5.74) is 1.19. The van der Waals surface area contributed by atoms with Gasteiger partial charge in [-0.3, -0.25) is 0 Å². The number of hydrogen-bond donors (Lipinski definition) is 1. The van der Waals surface area contributed by atoms with E-state index in [9.17, 15) is 4.79 Å². The van der Waals surface area contributed by atoms with E-state index in [0.717, 1.165) is 0 Å². The van der Waals surface area contributed by atoms with E-state index in [1.54, 1.807) is 17.5 Å². The molecule has 2 aromatic rings. The van der Waals surface area contributed by atoms with Gasteiger partial charge in [-0.1, -0.05) is 4.49 Å². The van der Waals surface area contributed by atoms with E-state index in [1.165, 1.54) is 23.9 Å². The summed E-state index contributed by atoms with van der Waals surface area (Å²) in [4.78, 5) is 18.2. The molecule has 2 rings (SSSR count). The second-order valence-corrected chi connectivity index (χ2v) is 3.41. The number of carbonyl (C=O) groups is 1. The summed E-state index contributed by atoms with van der Waals surface area (Å²) < 4.78 is 3.69. The van der Waals surface area contributed by atoms with Gasteiger partial charge in [0.05, 0.1) is 11.4 Å². The fraction of sp³-hybridized carbons (Fsp3) is 0. The number of rotatable bonds is 3. The van der Waals surface area contributed by atoms with Crippen molar-refractivity contribution in [3.8, 4) is 0 Å². The summed E-state index contributed by atoms with van der Waals surface area (Å²) in [7, 11) is 0.